The molecule has 4 nitrogen and oxygen atoms in total. The molecule has 0 bridgehead atoms. The molecule has 0 spiro atoms. The molecule has 0 aliphatic heterocycles. The van der Waals surface area contributed by atoms with Crippen molar-refractivity contribution in [1.29, 1.82) is 0 Å². The van der Waals surface area contributed by atoms with E-state index >= 15 is 0 Å². The molecule has 2 rings (SSSR count). The van der Waals surface area contributed by atoms with Gasteiger partial charge in [0.15, 0.2) is 0 Å². The van der Waals surface area contributed by atoms with Crippen molar-refractivity contribution in [1.82, 2.24) is 14.8 Å². The Morgan fingerprint density at radius 2 is 2.24 bits per heavy atom. The van der Waals surface area contributed by atoms with Crippen LogP contribution in [0.25, 0.3) is 0 Å². The van der Waals surface area contributed by atoms with Crippen LogP contribution in [0.5, 0.6) is 0 Å². The number of aromatic nitrogens is 3. The van der Waals surface area contributed by atoms with Gasteiger partial charge in [-0.15, -0.1) is 0 Å². The summed E-state index contributed by atoms with van der Waals surface area (Å²) < 4.78 is 14.7. The second kappa shape index (κ2) is 4.95. The van der Waals surface area contributed by atoms with Gasteiger partial charge in [-0.25, -0.2) is 4.98 Å². The third kappa shape index (κ3) is 3.03. The van der Waals surface area contributed by atoms with Crippen molar-refractivity contribution in [3.8, 4) is 0 Å². The summed E-state index contributed by atoms with van der Waals surface area (Å²) in [7, 11) is 0. The molecule has 0 saturated carbocycles. The van der Waals surface area contributed by atoms with Crippen molar-refractivity contribution in [3.05, 3.63) is 42.1 Å². The van der Waals surface area contributed by atoms with Gasteiger partial charge in [0.25, 0.3) is 0 Å². The summed E-state index contributed by atoms with van der Waals surface area (Å²) >= 11 is 0. The smallest absolute Gasteiger partial charge is 0.214 e. The minimum absolute atomic E-state index is 0.344. The quantitative estimate of drug-likeness (QED) is 0.827. The van der Waals surface area contributed by atoms with E-state index < -0.39 is 5.95 Å². The predicted molar refractivity (Wildman–Crippen MR) is 64.1 cm³/mol. The fourth-order valence-corrected chi connectivity index (χ4v) is 1.45. The second-order valence-corrected chi connectivity index (χ2v) is 4.12. The van der Waals surface area contributed by atoms with E-state index in [-0.39, 0.29) is 0 Å². The molecule has 0 radical (unpaired) electrons. The number of nitrogens with zero attached hydrogens (tertiary/aromatic N) is 3. The van der Waals surface area contributed by atoms with E-state index in [1.165, 1.54) is 6.07 Å². The highest BCUT2D eigenvalue weighted by atomic mass is 19.1. The topological polar surface area (TPSA) is 42.7 Å². The lowest BCUT2D eigenvalue weighted by Gasteiger charge is -2.04. The molecule has 5 heteroatoms. The van der Waals surface area contributed by atoms with E-state index in [1.54, 1.807) is 18.3 Å². The Hall–Kier alpha value is -1.91. The molecule has 0 fully saturated rings. The van der Waals surface area contributed by atoms with Gasteiger partial charge in [-0.3, -0.25) is 4.68 Å². The van der Waals surface area contributed by atoms with Crippen molar-refractivity contribution < 1.29 is 4.39 Å². The second-order valence-electron chi connectivity index (χ2n) is 4.12. The van der Waals surface area contributed by atoms with Gasteiger partial charge in [0.2, 0.25) is 5.95 Å². The van der Waals surface area contributed by atoms with Crippen LogP contribution >= 0.6 is 0 Å². The molecule has 0 amide bonds. The molecule has 0 unspecified atom stereocenters. The van der Waals surface area contributed by atoms with Crippen LogP contribution in [0, 0.1) is 5.95 Å². The number of rotatable bonds is 4. The monoisotopic (exact) mass is 234 g/mol. The molecule has 2 heterocycles. The lowest BCUT2D eigenvalue weighted by atomic mass is 10.3. The lowest BCUT2D eigenvalue weighted by molar-refractivity contribution is 0.532. The summed E-state index contributed by atoms with van der Waals surface area (Å²) in [5.74, 6) is 0.0511. The Morgan fingerprint density at radius 3 is 2.88 bits per heavy atom. The maximum Gasteiger partial charge on any atom is 0.214 e. The van der Waals surface area contributed by atoms with Crippen molar-refractivity contribution in [3.63, 3.8) is 0 Å². The summed E-state index contributed by atoms with van der Waals surface area (Å²) in [5.41, 5.74) is 1.05. The summed E-state index contributed by atoms with van der Waals surface area (Å²) in [6.07, 6.45) is 3.77. The predicted octanol–water partition coefficient (Wildman–Crippen LogP) is 2.61. The Kier molecular flexibility index (Phi) is 3.37. The number of halogens is 1. The van der Waals surface area contributed by atoms with Crippen LogP contribution in [0.3, 0.4) is 0 Å². The largest absolute Gasteiger partial charge is 0.366 e. The number of hydrogen-bond acceptors (Lipinski definition) is 3. The van der Waals surface area contributed by atoms with E-state index in [0.29, 0.717) is 18.4 Å². The van der Waals surface area contributed by atoms with Crippen molar-refractivity contribution >= 4 is 5.82 Å². The molecule has 0 aromatic carbocycles. The van der Waals surface area contributed by atoms with Gasteiger partial charge in [-0.1, -0.05) is 6.07 Å². The molecule has 0 aliphatic rings. The molecule has 0 saturated heterocycles. The van der Waals surface area contributed by atoms with Crippen molar-refractivity contribution in [2.24, 2.45) is 0 Å². The average molecular weight is 234 g/mol. The van der Waals surface area contributed by atoms with Gasteiger partial charge in [0.1, 0.15) is 5.82 Å². The Bertz CT molecular complexity index is 493. The van der Waals surface area contributed by atoms with E-state index in [4.69, 9.17) is 0 Å². The van der Waals surface area contributed by atoms with Crippen LogP contribution in [0.4, 0.5) is 10.2 Å². The average Bonchev–Trinajstić information content (AvgIpc) is 2.75. The molecule has 17 heavy (non-hydrogen) atoms. The molecule has 90 valence electrons. The maximum atomic E-state index is 12.8. The minimum atomic E-state index is -0.479. The van der Waals surface area contributed by atoms with Gasteiger partial charge in [-0.05, 0) is 26.0 Å². The summed E-state index contributed by atoms with van der Waals surface area (Å²) in [4.78, 5) is 3.73. The fraction of sp³-hybridized carbons (Fsp3) is 0.333. The summed E-state index contributed by atoms with van der Waals surface area (Å²) in [6, 6.07) is 5.02. The van der Waals surface area contributed by atoms with Gasteiger partial charge in [-0.2, -0.15) is 9.49 Å². The first kappa shape index (κ1) is 11.6. The zero-order valence-electron chi connectivity index (χ0n) is 9.89. The van der Waals surface area contributed by atoms with Crippen LogP contribution in [0.1, 0.15) is 25.5 Å². The van der Waals surface area contributed by atoms with Crippen LogP contribution in [0.2, 0.25) is 0 Å². The van der Waals surface area contributed by atoms with E-state index in [0.717, 1.165) is 5.56 Å². The van der Waals surface area contributed by atoms with Crippen LogP contribution in [0.15, 0.2) is 30.6 Å². The molecule has 1 N–H and O–H groups in total. The van der Waals surface area contributed by atoms with Crippen molar-refractivity contribution in [2.75, 3.05) is 5.32 Å². The fourth-order valence-electron chi connectivity index (χ4n) is 1.45. The maximum absolute atomic E-state index is 12.8. The van der Waals surface area contributed by atoms with E-state index in [1.807, 2.05) is 10.9 Å². The molecular formula is C12H15FN4. The highest BCUT2D eigenvalue weighted by molar-refractivity contribution is 5.34. The summed E-state index contributed by atoms with van der Waals surface area (Å²) in [5, 5.41) is 7.28. The van der Waals surface area contributed by atoms with Crippen LogP contribution < -0.4 is 5.32 Å². The van der Waals surface area contributed by atoms with E-state index in [2.05, 4.69) is 29.2 Å². The first-order chi connectivity index (χ1) is 8.15. The molecule has 0 atom stereocenters. The zero-order valence-corrected chi connectivity index (χ0v) is 9.89. The van der Waals surface area contributed by atoms with Gasteiger partial charge in [0.05, 0.1) is 6.20 Å². The van der Waals surface area contributed by atoms with Gasteiger partial charge in [0, 0.05) is 24.3 Å². The van der Waals surface area contributed by atoms with Crippen LogP contribution in [-0.2, 0) is 6.54 Å². The SMILES string of the molecule is CC(C)n1cc(CNc2cccc(F)n2)cn1. The molecule has 2 aromatic heterocycles. The number of hydrogen-bond donors (Lipinski definition) is 1. The zero-order chi connectivity index (χ0) is 12.3. The minimum Gasteiger partial charge on any atom is -0.366 e. The number of anilines is 1. The molecular weight excluding hydrogens is 219 g/mol. The van der Waals surface area contributed by atoms with Crippen molar-refractivity contribution in [2.45, 2.75) is 26.4 Å². The molecule has 0 aliphatic carbocycles. The first-order valence-corrected chi connectivity index (χ1v) is 5.54. The third-order valence-electron chi connectivity index (χ3n) is 2.37. The molecule has 2 aromatic rings. The number of nitrogens with one attached hydrogen (secondary N) is 1. The highest BCUT2D eigenvalue weighted by Gasteiger charge is 2.02. The Balaban J connectivity index is 1.97. The Morgan fingerprint density at radius 1 is 1.41 bits per heavy atom. The Labute approximate surface area is 99.5 Å². The summed E-state index contributed by atoms with van der Waals surface area (Å²) in [6.45, 7) is 4.72. The normalized spacial score (nSPS) is 10.8. The van der Waals surface area contributed by atoms with E-state index in [9.17, 15) is 4.39 Å². The lowest BCUT2D eigenvalue weighted by Crippen LogP contribution is -2.02. The first-order valence-electron chi connectivity index (χ1n) is 5.54. The number of pyridine rings is 1. The van der Waals surface area contributed by atoms with Gasteiger partial charge < -0.3 is 5.32 Å². The highest BCUT2D eigenvalue weighted by Crippen LogP contribution is 2.08. The standard InChI is InChI=1S/C12H15FN4/c1-9(2)17-8-10(7-15-17)6-14-12-5-3-4-11(13)16-12/h3-5,7-9H,6H2,1-2H3,(H,14,16). The third-order valence-corrected chi connectivity index (χ3v) is 2.37. The van der Waals surface area contributed by atoms with Crippen LogP contribution in [-0.4, -0.2) is 14.8 Å². The van der Waals surface area contributed by atoms with Gasteiger partial charge >= 0.3 is 0 Å².